The molecule has 0 spiro atoms. The van der Waals surface area contributed by atoms with E-state index in [4.69, 9.17) is 11.5 Å². The third-order valence-corrected chi connectivity index (χ3v) is 20.5. The molecular formula is C51H106BN8O13S8. The van der Waals surface area contributed by atoms with Crippen LogP contribution in [0.3, 0.4) is 0 Å². The highest BCUT2D eigenvalue weighted by Crippen LogP contribution is 2.40. The molecule has 3 atom stereocenters. The zero-order valence-corrected chi connectivity index (χ0v) is 57.1. The second-order valence-corrected chi connectivity index (χ2v) is 32.2. The van der Waals surface area contributed by atoms with E-state index in [9.17, 15) is 58.1 Å². The summed E-state index contributed by atoms with van der Waals surface area (Å²) in [5, 5.41) is 9.44. The van der Waals surface area contributed by atoms with Crippen LogP contribution in [-0.4, -0.2) is 256 Å². The number of unbranched alkanes of at least 4 members (excludes halogenated alkanes) is 1. The molecule has 0 aromatic carbocycles. The molecule has 0 aromatic heterocycles. The van der Waals surface area contributed by atoms with E-state index in [1.54, 1.807) is 30.4 Å². The Hall–Kier alpha value is -0.835. The van der Waals surface area contributed by atoms with Crippen molar-refractivity contribution in [2.75, 3.05) is 166 Å². The minimum atomic E-state index is -4.15. The molecule has 3 radical (unpaired) electrons. The van der Waals surface area contributed by atoms with Gasteiger partial charge in [0.25, 0.3) is 0 Å². The summed E-state index contributed by atoms with van der Waals surface area (Å²) in [6.07, 6.45) is 10.4. The smallest absolute Gasteiger partial charge is 0.246 e. The number of hydrogen-bond acceptors (Lipinski definition) is 20. The molecule has 1 rings (SSSR count). The summed E-state index contributed by atoms with van der Waals surface area (Å²) in [6, 6.07) is 0. The quantitative estimate of drug-likeness (QED) is 0.00970. The van der Waals surface area contributed by atoms with E-state index in [1.807, 2.05) is 77.7 Å². The van der Waals surface area contributed by atoms with Crippen molar-refractivity contribution in [1.82, 2.24) is 16.0 Å². The van der Waals surface area contributed by atoms with Gasteiger partial charge in [-0.15, -0.1) is 0 Å². The Morgan fingerprint density at radius 3 is 1.33 bits per heavy atom. The maximum absolute atomic E-state index is 12.3. The molecule has 1 saturated heterocycles. The summed E-state index contributed by atoms with van der Waals surface area (Å²) in [4.78, 5) is 47.4. The Morgan fingerprint density at radius 1 is 0.617 bits per heavy atom. The topological polar surface area (TPSA) is 328 Å². The number of hydrogen-bond donors (Lipinski definition) is 6. The van der Waals surface area contributed by atoms with Gasteiger partial charge in [-0.2, -0.15) is 36.2 Å². The molecule has 1 fully saturated rings. The standard InChI is InChI=1S/C23H44N2O5S4.C14H31N3O4S2.C12H24N2O4S.C2H7NS.B/c1-20(23(27)24-13-7-14-25(2,3)15-8-18-34(28,29)30)19-31-16-6-10-21(26)9-4-5-11-22-12-17-32-33-22;1-13(12-22-10-6-15)14(18)16-7-4-8-17(2,3)9-5-11-23(19,20)21;1-11(2)12(15)13-7-5-8-14(3,4)9-6-10-19(16,17)18;3-1-2-4;/h20,22H,4-19H2,1-3H3,(H-,24,27,28,29,30);13H,4-12,15H2,1-3H3,(H-,16,18,19,20,21);1,5-10H2,2-4H3,(H-,13,15,16,17,18);4H,1-3H2;. The zero-order chi connectivity index (χ0) is 61.9. The van der Waals surface area contributed by atoms with Gasteiger partial charge in [-0.3, -0.25) is 19.2 Å². The number of ketones is 1. The third-order valence-electron chi connectivity index (χ3n) is 12.3. The third kappa shape index (κ3) is 62.0. The van der Waals surface area contributed by atoms with Crippen LogP contribution in [0, 0.1) is 11.8 Å². The van der Waals surface area contributed by atoms with Crippen LogP contribution in [-0.2, 0) is 49.5 Å². The van der Waals surface area contributed by atoms with Gasteiger partial charge in [-0.05, 0) is 38.4 Å². The fourth-order valence-corrected chi connectivity index (χ4v) is 13.8. The van der Waals surface area contributed by atoms with Crippen molar-refractivity contribution in [2.24, 2.45) is 23.3 Å². The number of nitrogens with one attached hydrogen (secondary N) is 3. The van der Waals surface area contributed by atoms with Crippen LogP contribution in [0.1, 0.15) is 104 Å². The predicted octanol–water partition coefficient (Wildman–Crippen LogP) is 3.34. The number of thiol groups is 1. The summed E-state index contributed by atoms with van der Waals surface area (Å²) in [5.41, 5.74) is 10.8. The molecule has 0 bridgehead atoms. The number of thioether (sulfide) groups is 2. The van der Waals surface area contributed by atoms with E-state index in [-0.39, 0.29) is 55.2 Å². The molecule has 1 aliphatic rings. The molecule has 21 nitrogen and oxygen atoms in total. The summed E-state index contributed by atoms with van der Waals surface area (Å²) in [5.74, 6) is 4.61. The lowest BCUT2D eigenvalue weighted by atomic mass is 10.1. The predicted molar refractivity (Wildman–Crippen MR) is 343 cm³/mol. The van der Waals surface area contributed by atoms with Gasteiger partial charge < -0.3 is 54.5 Å². The second kappa shape index (κ2) is 49.2. The Balaban J connectivity index is -0.000000551. The Bertz CT molecular complexity index is 2040. The van der Waals surface area contributed by atoms with Gasteiger partial charge in [0.05, 0.1) is 112 Å². The highest BCUT2D eigenvalue weighted by Gasteiger charge is 2.20. The van der Waals surface area contributed by atoms with Crippen molar-refractivity contribution in [3.05, 3.63) is 12.2 Å². The van der Waals surface area contributed by atoms with Gasteiger partial charge >= 0.3 is 0 Å². The van der Waals surface area contributed by atoms with Crippen LogP contribution in [0.25, 0.3) is 0 Å². The van der Waals surface area contributed by atoms with Crippen molar-refractivity contribution in [2.45, 2.75) is 109 Å². The average Bonchev–Trinajstić information content (AvgIpc) is 3.87. The van der Waals surface area contributed by atoms with Crippen LogP contribution in [0.2, 0.25) is 0 Å². The first-order valence-electron chi connectivity index (χ1n) is 27.7. The summed E-state index contributed by atoms with van der Waals surface area (Å²) >= 11 is 7.21. The SMILES string of the molecule is C=C(C)C(=O)NCCC[N+](C)(C)CCCS(=O)(=O)[O-].CC(CSCCCC(=O)CCCCC1CCSS1)C(=O)NCCC[N+](C)(C)CCCS(=O)(=O)[O-].CC(CSCCN)C(=O)NCCC[N+](C)(C)CCCS(=O)(=O)[O-].NCCS.[B]. The number of carbonyl (C=O) groups is 4. The molecular weight excluding hydrogens is 1200 g/mol. The van der Waals surface area contributed by atoms with Crippen molar-refractivity contribution in [1.29, 1.82) is 0 Å². The van der Waals surface area contributed by atoms with E-state index in [0.29, 0.717) is 109 Å². The molecule has 3 unspecified atom stereocenters. The number of nitrogens with zero attached hydrogens (tertiary/aromatic N) is 3. The van der Waals surface area contributed by atoms with Crippen LogP contribution >= 0.6 is 57.7 Å². The summed E-state index contributed by atoms with van der Waals surface area (Å²) < 4.78 is 97.3. The van der Waals surface area contributed by atoms with Crippen molar-refractivity contribution < 1.29 is 71.5 Å². The monoisotopic (exact) mass is 1310 g/mol. The molecule has 3 amide bonds. The number of nitrogens with two attached hydrogens (primary N) is 2. The minimum Gasteiger partial charge on any atom is -0.748 e. The normalized spacial score (nSPS) is 14.5. The van der Waals surface area contributed by atoms with Gasteiger partial charge in [0, 0.05) is 161 Å². The lowest BCUT2D eigenvalue weighted by Gasteiger charge is -2.30. The van der Waals surface area contributed by atoms with Crippen molar-refractivity contribution >= 4 is 120 Å². The van der Waals surface area contributed by atoms with Gasteiger partial charge in [0.15, 0.2) is 0 Å². The van der Waals surface area contributed by atoms with Gasteiger partial charge in [-0.1, -0.05) is 48.4 Å². The van der Waals surface area contributed by atoms with Crippen molar-refractivity contribution in [3.8, 4) is 0 Å². The Labute approximate surface area is 514 Å². The number of amides is 3. The summed E-state index contributed by atoms with van der Waals surface area (Å²) in [6.45, 7) is 16.4. The van der Waals surface area contributed by atoms with Crippen LogP contribution in [0.5, 0.6) is 0 Å². The Kier molecular flexibility index (Phi) is 52.6. The minimum absolute atomic E-state index is 0. The van der Waals surface area contributed by atoms with Gasteiger partial charge in [0.1, 0.15) is 5.78 Å². The highest BCUT2D eigenvalue weighted by molar-refractivity contribution is 8.77. The molecule has 1 heterocycles. The number of quaternary nitrogens is 3. The van der Waals surface area contributed by atoms with E-state index in [0.717, 1.165) is 92.2 Å². The second-order valence-electron chi connectivity index (χ2n) is 22.1. The fourth-order valence-electron chi connectivity index (χ4n) is 7.50. The first-order chi connectivity index (χ1) is 37.0. The Morgan fingerprint density at radius 2 is 0.988 bits per heavy atom. The maximum atomic E-state index is 12.3. The number of rotatable bonds is 43. The highest BCUT2D eigenvalue weighted by atomic mass is 33.1. The van der Waals surface area contributed by atoms with E-state index >= 15 is 0 Å². The van der Waals surface area contributed by atoms with E-state index < -0.39 is 30.4 Å². The molecule has 7 N–H and O–H groups in total. The fraction of sp³-hybridized carbons (Fsp3) is 0.882. The number of carbonyl (C=O) groups excluding carboxylic acids is 4. The summed E-state index contributed by atoms with van der Waals surface area (Å²) in [7, 11) is 3.50. The van der Waals surface area contributed by atoms with Crippen LogP contribution in [0.15, 0.2) is 12.2 Å². The molecule has 1 aliphatic heterocycles. The molecule has 30 heteroatoms. The zero-order valence-electron chi connectivity index (χ0n) is 50.5. The van der Waals surface area contributed by atoms with Crippen molar-refractivity contribution in [3.63, 3.8) is 0 Å². The van der Waals surface area contributed by atoms with E-state index in [1.165, 1.54) is 18.6 Å². The maximum Gasteiger partial charge on any atom is 0.246 e. The van der Waals surface area contributed by atoms with Crippen LogP contribution < -0.4 is 27.4 Å². The van der Waals surface area contributed by atoms with Gasteiger partial charge in [-0.25, -0.2) is 25.3 Å². The lowest BCUT2D eigenvalue weighted by molar-refractivity contribution is -0.890. The molecule has 0 saturated carbocycles. The van der Waals surface area contributed by atoms with Crippen LogP contribution in [0.4, 0.5) is 0 Å². The number of Topliss-reactive ketones (excluding diaryl/α,β-unsaturated/α-hetero) is 1. The molecule has 0 aromatic rings. The first-order valence-corrected chi connectivity index (χ1v) is 37.8. The van der Waals surface area contributed by atoms with Gasteiger partial charge in [0.2, 0.25) is 17.7 Å². The average molecular weight is 1310 g/mol. The molecule has 479 valence electrons. The molecule has 0 aliphatic carbocycles. The first kappa shape index (κ1) is 86.6. The molecule has 81 heavy (non-hydrogen) atoms. The van der Waals surface area contributed by atoms with E-state index in [2.05, 4.69) is 35.2 Å². The lowest BCUT2D eigenvalue weighted by Crippen LogP contribution is -2.43. The largest absolute Gasteiger partial charge is 0.748 e.